The maximum atomic E-state index is 3.81. The summed E-state index contributed by atoms with van der Waals surface area (Å²) in [6.45, 7) is 3.39. The van der Waals surface area contributed by atoms with Crippen LogP contribution >= 0.6 is 27.3 Å². The Morgan fingerprint density at radius 2 is 1.89 bits per heavy atom. The van der Waals surface area contributed by atoms with Gasteiger partial charge in [0.25, 0.3) is 0 Å². The van der Waals surface area contributed by atoms with Gasteiger partial charge in [-0.3, -0.25) is 0 Å². The molecule has 0 saturated heterocycles. The molecule has 0 bridgehead atoms. The van der Waals surface area contributed by atoms with Crippen LogP contribution < -0.4 is 5.32 Å². The minimum absolute atomic E-state index is 0.578. The second kappa shape index (κ2) is 8.43. The zero-order chi connectivity index (χ0) is 13.5. The second-order valence-electron chi connectivity index (χ2n) is 5.68. The van der Waals surface area contributed by atoms with Crippen molar-refractivity contribution in [3.05, 3.63) is 20.8 Å². The lowest BCUT2D eigenvalue weighted by atomic mass is 9.85. The van der Waals surface area contributed by atoms with Crippen molar-refractivity contribution in [2.45, 2.75) is 64.3 Å². The number of thiophene rings is 1. The first kappa shape index (κ1) is 15.5. The minimum Gasteiger partial charge on any atom is -0.309 e. The van der Waals surface area contributed by atoms with Gasteiger partial charge in [0.15, 0.2) is 0 Å². The van der Waals surface area contributed by atoms with Crippen LogP contribution in [0, 0.1) is 5.92 Å². The van der Waals surface area contributed by atoms with Crippen molar-refractivity contribution in [1.29, 1.82) is 0 Å². The predicted molar refractivity (Wildman–Crippen MR) is 88.9 cm³/mol. The van der Waals surface area contributed by atoms with Gasteiger partial charge in [0.1, 0.15) is 0 Å². The Morgan fingerprint density at radius 1 is 1.21 bits per heavy atom. The standard InChI is InChI=1S/C16H26BrNS/c1-2-12-18-16(14-10-11-15(17)19-14)13-8-6-4-3-5-7-9-13/h10-11,13,16,18H,2-9,12H2,1H3. The molecule has 0 aromatic carbocycles. The van der Waals surface area contributed by atoms with Crippen LogP contribution in [0.15, 0.2) is 15.9 Å². The molecule has 1 aromatic heterocycles. The molecule has 1 N–H and O–H groups in total. The molecule has 0 radical (unpaired) electrons. The van der Waals surface area contributed by atoms with Gasteiger partial charge >= 0.3 is 0 Å². The lowest BCUT2D eigenvalue weighted by molar-refractivity contribution is 0.292. The van der Waals surface area contributed by atoms with E-state index in [1.165, 1.54) is 60.0 Å². The molecule has 1 unspecified atom stereocenters. The Hall–Kier alpha value is 0.140. The first-order chi connectivity index (χ1) is 9.31. The molecule has 1 nitrogen and oxygen atoms in total. The van der Waals surface area contributed by atoms with Crippen molar-refractivity contribution in [3.63, 3.8) is 0 Å². The van der Waals surface area contributed by atoms with Crippen molar-refractivity contribution >= 4 is 27.3 Å². The van der Waals surface area contributed by atoms with Crippen LogP contribution in [-0.4, -0.2) is 6.54 Å². The van der Waals surface area contributed by atoms with E-state index in [0.29, 0.717) is 6.04 Å². The highest BCUT2D eigenvalue weighted by atomic mass is 79.9. The van der Waals surface area contributed by atoms with Gasteiger partial charge < -0.3 is 5.32 Å². The molecule has 3 heteroatoms. The van der Waals surface area contributed by atoms with Crippen LogP contribution in [0.25, 0.3) is 0 Å². The normalized spacial score (nSPS) is 19.9. The van der Waals surface area contributed by atoms with Crippen LogP contribution in [0.2, 0.25) is 0 Å². The highest BCUT2D eigenvalue weighted by Gasteiger charge is 2.24. The van der Waals surface area contributed by atoms with Gasteiger partial charge in [-0.1, -0.05) is 39.0 Å². The minimum atomic E-state index is 0.578. The van der Waals surface area contributed by atoms with E-state index in [1.54, 1.807) is 0 Å². The molecule has 108 valence electrons. The van der Waals surface area contributed by atoms with Crippen LogP contribution in [0.3, 0.4) is 0 Å². The summed E-state index contributed by atoms with van der Waals surface area (Å²) in [7, 11) is 0. The smallest absolute Gasteiger partial charge is 0.0701 e. The third-order valence-corrected chi connectivity index (χ3v) is 5.84. The highest BCUT2D eigenvalue weighted by Crippen LogP contribution is 2.37. The maximum absolute atomic E-state index is 3.81. The fourth-order valence-electron chi connectivity index (χ4n) is 3.12. The SMILES string of the molecule is CCCNC(c1ccc(Br)s1)C1CCCCCCC1. The molecular weight excluding hydrogens is 318 g/mol. The van der Waals surface area contributed by atoms with Gasteiger partial charge in [0.2, 0.25) is 0 Å². The average molecular weight is 344 g/mol. The fraction of sp³-hybridized carbons (Fsp3) is 0.750. The summed E-state index contributed by atoms with van der Waals surface area (Å²) in [6, 6.07) is 5.08. The summed E-state index contributed by atoms with van der Waals surface area (Å²) in [4.78, 5) is 1.52. The Bertz CT molecular complexity index is 355. The van der Waals surface area contributed by atoms with E-state index in [-0.39, 0.29) is 0 Å². The quantitative estimate of drug-likeness (QED) is 0.700. The highest BCUT2D eigenvalue weighted by molar-refractivity contribution is 9.11. The lowest BCUT2D eigenvalue weighted by Gasteiger charge is -2.29. The molecule has 2 rings (SSSR count). The molecule has 19 heavy (non-hydrogen) atoms. The average Bonchev–Trinajstić information content (AvgIpc) is 2.78. The van der Waals surface area contributed by atoms with Crippen LogP contribution in [0.5, 0.6) is 0 Å². The first-order valence-electron chi connectivity index (χ1n) is 7.80. The van der Waals surface area contributed by atoms with E-state index >= 15 is 0 Å². The van der Waals surface area contributed by atoms with E-state index in [9.17, 15) is 0 Å². The van der Waals surface area contributed by atoms with Gasteiger partial charge in [-0.15, -0.1) is 11.3 Å². The zero-order valence-corrected chi connectivity index (χ0v) is 14.4. The summed E-state index contributed by atoms with van der Waals surface area (Å²) in [6.07, 6.45) is 11.2. The predicted octanol–water partition coefficient (Wildman–Crippen LogP) is 5.91. The summed E-state index contributed by atoms with van der Waals surface area (Å²) in [5.74, 6) is 0.831. The largest absolute Gasteiger partial charge is 0.309 e. The second-order valence-corrected chi connectivity index (χ2v) is 8.17. The number of halogens is 1. The van der Waals surface area contributed by atoms with Crippen molar-refractivity contribution in [2.24, 2.45) is 5.92 Å². The Kier molecular flexibility index (Phi) is 6.89. The first-order valence-corrected chi connectivity index (χ1v) is 9.41. The topological polar surface area (TPSA) is 12.0 Å². The molecule has 1 aromatic rings. The molecular formula is C16H26BrNS. The van der Waals surface area contributed by atoms with Gasteiger partial charge in [0, 0.05) is 10.9 Å². The van der Waals surface area contributed by atoms with Crippen molar-refractivity contribution in [1.82, 2.24) is 5.32 Å². The Morgan fingerprint density at radius 3 is 2.47 bits per heavy atom. The molecule has 1 heterocycles. The van der Waals surface area contributed by atoms with Crippen molar-refractivity contribution in [3.8, 4) is 0 Å². The van der Waals surface area contributed by atoms with E-state index in [4.69, 9.17) is 0 Å². The van der Waals surface area contributed by atoms with Crippen LogP contribution in [-0.2, 0) is 0 Å². The van der Waals surface area contributed by atoms with Gasteiger partial charge in [-0.2, -0.15) is 0 Å². The molecule has 1 fully saturated rings. The summed E-state index contributed by atoms with van der Waals surface area (Å²) < 4.78 is 1.26. The zero-order valence-electron chi connectivity index (χ0n) is 12.0. The number of hydrogen-bond donors (Lipinski definition) is 1. The van der Waals surface area contributed by atoms with E-state index in [2.05, 4.69) is 40.3 Å². The van der Waals surface area contributed by atoms with E-state index < -0.39 is 0 Å². The third kappa shape index (κ3) is 4.87. The number of nitrogens with one attached hydrogen (secondary N) is 1. The molecule has 1 aliphatic rings. The monoisotopic (exact) mass is 343 g/mol. The molecule has 1 atom stereocenters. The van der Waals surface area contributed by atoms with Gasteiger partial charge in [-0.05, 0) is 59.8 Å². The molecule has 1 saturated carbocycles. The van der Waals surface area contributed by atoms with Gasteiger partial charge in [0.05, 0.1) is 3.79 Å². The lowest BCUT2D eigenvalue weighted by Crippen LogP contribution is -2.29. The van der Waals surface area contributed by atoms with Crippen molar-refractivity contribution in [2.75, 3.05) is 6.54 Å². The summed E-state index contributed by atoms with van der Waals surface area (Å²) >= 11 is 5.52. The summed E-state index contributed by atoms with van der Waals surface area (Å²) in [5.41, 5.74) is 0. The molecule has 0 amide bonds. The molecule has 0 spiro atoms. The third-order valence-electron chi connectivity index (χ3n) is 4.14. The summed E-state index contributed by atoms with van der Waals surface area (Å²) in [5, 5.41) is 3.81. The van der Waals surface area contributed by atoms with E-state index in [0.717, 1.165) is 12.5 Å². The molecule has 1 aliphatic carbocycles. The number of rotatable bonds is 5. The van der Waals surface area contributed by atoms with Crippen LogP contribution in [0.1, 0.15) is 69.2 Å². The van der Waals surface area contributed by atoms with E-state index in [1.807, 2.05) is 11.3 Å². The number of hydrogen-bond acceptors (Lipinski definition) is 2. The molecule has 0 aliphatic heterocycles. The fourth-order valence-corrected chi connectivity index (χ4v) is 4.71. The maximum Gasteiger partial charge on any atom is 0.0701 e. The Labute approximate surface area is 130 Å². The Balaban J connectivity index is 2.06. The van der Waals surface area contributed by atoms with Gasteiger partial charge in [-0.25, -0.2) is 0 Å². The van der Waals surface area contributed by atoms with Crippen LogP contribution in [0.4, 0.5) is 0 Å². The van der Waals surface area contributed by atoms with Crippen molar-refractivity contribution < 1.29 is 0 Å².